The number of ether oxygens (including phenoxy) is 1. The molecule has 1 aliphatic rings. The summed E-state index contributed by atoms with van der Waals surface area (Å²) in [4.78, 5) is 6.95. The molecule has 0 aliphatic carbocycles. The quantitative estimate of drug-likeness (QED) is 0.303. The number of rotatable bonds is 10. The van der Waals surface area contributed by atoms with Gasteiger partial charge in [-0.2, -0.15) is 0 Å². The molecule has 0 aromatic rings. The Labute approximate surface area is 166 Å². The first-order chi connectivity index (χ1) is 11.1. The summed E-state index contributed by atoms with van der Waals surface area (Å²) >= 11 is 0. The Morgan fingerprint density at radius 1 is 1.17 bits per heavy atom. The SMILES string of the molecule is CCOC(CCNC(=NC)NCC(CC)N1CCCC1)C(C)C.I. The van der Waals surface area contributed by atoms with Crippen molar-refractivity contribution in [1.29, 1.82) is 0 Å². The van der Waals surface area contributed by atoms with Gasteiger partial charge in [0.1, 0.15) is 0 Å². The molecule has 0 bridgehead atoms. The van der Waals surface area contributed by atoms with Crippen molar-refractivity contribution in [3.63, 3.8) is 0 Å². The summed E-state index contributed by atoms with van der Waals surface area (Å²) in [5.41, 5.74) is 0. The highest BCUT2D eigenvalue weighted by atomic mass is 127. The van der Waals surface area contributed by atoms with E-state index in [0.717, 1.165) is 32.1 Å². The summed E-state index contributed by atoms with van der Waals surface area (Å²) < 4.78 is 5.80. The highest BCUT2D eigenvalue weighted by Crippen LogP contribution is 2.13. The van der Waals surface area contributed by atoms with Crippen LogP contribution in [0.15, 0.2) is 4.99 Å². The number of nitrogens with zero attached hydrogens (tertiary/aromatic N) is 2. The van der Waals surface area contributed by atoms with Crippen LogP contribution in [0.4, 0.5) is 0 Å². The average Bonchev–Trinajstić information content (AvgIpc) is 3.06. The van der Waals surface area contributed by atoms with Crippen LogP contribution in [0.25, 0.3) is 0 Å². The Hall–Kier alpha value is -0.0800. The summed E-state index contributed by atoms with van der Waals surface area (Å²) in [6.07, 6.45) is 5.20. The van der Waals surface area contributed by atoms with Crippen LogP contribution in [-0.4, -0.2) is 62.8 Å². The molecule has 0 spiro atoms. The standard InChI is InChI=1S/C18H38N4O.HI/c1-6-16(22-12-8-9-13-22)14-21-18(19-5)20-11-10-17(15(3)4)23-7-2;/h15-17H,6-14H2,1-5H3,(H2,19,20,21);1H. The summed E-state index contributed by atoms with van der Waals surface area (Å²) in [5.74, 6) is 1.45. The predicted molar refractivity (Wildman–Crippen MR) is 115 cm³/mol. The van der Waals surface area contributed by atoms with Crippen LogP contribution >= 0.6 is 24.0 Å². The normalized spacial score (nSPS) is 18.3. The van der Waals surface area contributed by atoms with E-state index in [2.05, 4.69) is 48.2 Å². The summed E-state index contributed by atoms with van der Waals surface area (Å²) in [7, 11) is 1.84. The van der Waals surface area contributed by atoms with E-state index < -0.39 is 0 Å². The van der Waals surface area contributed by atoms with Gasteiger partial charge in [0.05, 0.1) is 6.10 Å². The second-order valence-electron chi connectivity index (χ2n) is 6.71. The highest BCUT2D eigenvalue weighted by molar-refractivity contribution is 14.0. The number of nitrogens with one attached hydrogen (secondary N) is 2. The predicted octanol–water partition coefficient (Wildman–Crippen LogP) is 3.10. The Morgan fingerprint density at radius 2 is 1.83 bits per heavy atom. The van der Waals surface area contributed by atoms with Crippen LogP contribution in [-0.2, 0) is 4.74 Å². The first-order valence-corrected chi connectivity index (χ1v) is 9.42. The minimum Gasteiger partial charge on any atom is -0.378 e. The average molecular weight is 454 g/mol. The van der Waals surface area contributed by atoms with Crippen LogP contribution in [0, 0.1) is 5.92 Å². The lowest BCUT2D eigenvalue weighted by molar-refractivity contribution is 0.0258. The van der Waals surface area contributed by atoms with Crippen molar-refractivity contribution in [2.24, 2.45) is 10.9 Å². The Balaban J connectivity index is 0.00000529. The molecule has 0 aromatic heterocycles. The van der Waals surface area contributed by atoms with E-state index >= 15 is 0 Å². The fourth-order valence-electron chi connectivity index (χ4n) is 3.23. The molecule has 1 aliphatic heterocycles. The maximum Gasteiger partial charge on any atom is 0.191 e. The molecule has 0 aromatic carbocycles. The van der Waals surface area contributed by atoms with Crippen LogP contribution < -0.4 is 10.6 Å². The zero-order chi connectivity index (χ0) is 17.1. The van der Waals surface area contributed by atoms with Gasteiger partial charge in [-0.25, -0.2) is 0 Å². The molecule has 1 fully saturated rings. The fraction of sp³-hybridized carbons (Fsp3) is 0.944. The van der Waals surface area contributed by atoms with Gasteiger partial charge in [0, 0.05) is 32.8 Å². The van der Waals surface area contributed by atoms with Gasteiger partial charge in [-0.15, -0.1) is 24.0 Å². The first-order valence-electron chi connectivity index (χ1n) is 9.42. The maximum absolute atomic E-state index is 5.80. The van der Waals surface area contributed by atoms with Gasteiger partial charge < -0.3 is 15.4 Å². The van der Waals surface area contributed by atoms with E-state index in [0.29, 0.717) is 18.1 Å². The van der Waals surface area contributed by atoms with Gasteiger partial charge >= 0.3 is 0 Å². The van der Waals surface area contributed by atoms with Crippen LogP contribution in [0.5, 0.6) is 0 Å². The summed E-state index contributed by atoms with van der Waals surface area (Å²) in [6.45, 7) is 13.9. The molecule has 2 atom stereocenters. The van der Waals surface area contributed by atoms with E-state index in [4.69, 9.17) is 4.74 Å². The molecule has 0 radical (unpaired) electrons. The van der Waals surface area contributed by atoms with Crippen molar-refractivity contribution < 1.29 is 4.74 Å². The molecule has 24 heavy (non-hydrogen) atoms. The maximum atomic E-state index is 5.80. The van der Waals surface area contributed by atoms with Crippen molar-refractivity contribution in [3.05, 3.63) is 0 Å². The van der Waals surface area contributed by atoms with Gasteiger partial charge in [-0.3, -0.25) is 9.89 Å². The van der Waals surface area contributed by atoms with Gasteiger partial charge in [0.2, 0.25) is 0 Å². The molecule has 1 rings (SSSR count). The number of hydrogen-bond donors (Lipinski definition) is 2. The van der Waals surface area contributed by atoms with Crippen LogP contribution in [0.2, 0.25) is 0 Å². The molecule has 5 nitrogen and oxygen atoms in total. The van der Waals surface area contributed by atoms with E-state index in [9.17, 15) is 0 Å². The van der Waals surface area contributed by atoms with E-state index in [1.165, 1.54) is 32.4 Å². The second-order valence-corrected chi connectivity index (χ2v) is 6.71. The number of halogens is 1. The fourth-order valence-corrected chi connectivity index (χ4v) is 3.23. The minimum atomic E-state index is 0. The lowest BCUT2D eigenvalue weighted by Gasteiger charge is -2.27. The van der Waals surface area contributed by atoms with E-state index in [1.807, 2.05) is 7.05 Å². The third-order valence-corrected chi connectivity index (χ3v) is 4.70. The Kier molecular flexibility index (Phi) is 14.1. The van der Waals surface area contributed by atoms with Crippen LogP contribution in [0.3, 0.4) is 0 Å². The topological polar surface area (TPSA) is 48.9 Å². The zero-order valence-corrected chi connectivity index (χ0v) is 18.6. The van der Waals surface area contributed by atoms with Crippen molar-refractivity contribution >= 4 is 29.9 Å². The zero-order valence-electron chi connectivity index (χ0n) is 16.3. The Bertz CT molecular complexity index is 333. The monoisotopic (exact) mass is 454 g/mol. The lowest BCUT2D eigenvalue weighted by Crippen LogP contribution is -2.46. The van der Waals surface area contributed by atoms with E-state index in [-0.39, 0.29) is 24.0 Å². The number of aliphatic imine (C=N–C) groups is 1. The van der Waals surface area contributed by atoms with Gasteiger partial charge in [0.25, 0.3) is 0 Å². The van der Waals surface area contributed by atoms with Crippen molar-refractivity contribution in [2.45, 2.75) is 65.5 Å². The summed E-state index contributed by atoms with van der Waals surface area (Å²) in [5, 5.41) is 6.91. The highest BCUT2D eigenvalue weighted by Gasteiger charge is 2.20. The number of hydrogen-bond acceptors (Lipinski definition) is 3. The molecule has 144 valence electrons. The van der Waals surface area contributed by atoms with Crippen LogP contribution in [0.1, 0.15) is 53.4 Å². The molecule has 2 unspecified atom stereocenters. The minimum absolute atomic E-state index is 0. The lowest BCUT2D eigenvalue weighted by atomic mass is 10.0. The van der Waals surface area contributed by atoms with Gasteiger partial charge in [-0.05, 0) is 51.6 Å². The molecule has 1 saturated heterocycles. The molecule has 0 saturated carbocycles. The molecular weight excluding hydrogens is 415 g/mol. The molecular formula is C18H39IN4O. The van der Waals surface area contributed by atoms with Gasteiger partial charge in [0.15, 0.2) is 5.96 Å². The van der Waals surface area contributed by atoms with Gasteiger partial charge in [-0.1, -0.05) is 20.8 Å². The first kappa shape index (κ1) is 23.9. The molecule has 0 amide bonds. The molecule has 2 N–H and O–H groups in total. The summed E-state index contributed by atoms with van der Waals surface area (Å²) in [6, 6.07) is 0.614. The largest absolute Gasteiger partial charge is 0.378 e. The Morgan fingerprint density at radius 3 is 2.33 bits per heavy atom. The third kappa shape index (κ3) is 8.85. The molecule has 6 heteroatoms. The van der Waals surface area contributed by atoms with Crippen molar-refractivity contribution in [2.75, 3.05) is 39.8 Å². The number of guanidine groups is 1. The second kappa shape index (κ2) is 14.1. The van der Waals surface area contributed by atoms with Crippen molar-refractivity contribution in [1.82, 2.24) is 15.5 Å². The number of likely N-dealkylation sites (tertiary alicyclic amines) is 1. The third-order valence-electron chi connectivity index (χ3n) is 4.70. The van der Waals surface area contributed by atoms with E-state index in [1.54, 1.807) is 0 Å². The molecule has 1 heterocycles. The smallest absolute Gasteiger partial charge is 0.191 e. The van der Waals surface area contributed by atoms with Crippen molar-refractivity contribution in [3.8, 4) is 0 Å².